The van der Waals surface area contributed by atoms with Crippen molar-refractivity contribution in [2.45, 2.75) is 13.0 Å². The summed E-state index contributed by atoms with van der Waals surface area (Å²) in [4.78, 5) is 23.5. The van der Waals surface area contributed by atoms with Crippen LogP contribution in [0.25, 0.3) is 0 Å². The number of carboxylic acids is 1. The minimum atomic E-state index is -1.14. The van der Waals surface area contributed by atoms with Crippen molar-refractivity contribution in [1.29, 1.82) is 0 Å². The Labute approximate surface area is 106 Å². The van der Waals surface area contributed by atoms with Gasteiger partial charge in [0.2, 0.25) is 0 Å². The number of hydrogen-bond donors (Lipinski definition) is 1. The molecule has 1 unspecified atom stereocenters. The van der Waals surface area contributed by atoms with Crippen LogP contribution >= 0.6 is 15.9 Å². The Kier molecular flexibility index (Phi) is 4.22. The third kappa shape index (κ3) is 3.03. The maximum Gasteiger partial charge on any atom is 0.326 e. The molecule has 92 valence electrons. The minimum absolute atomic E-state index is 0.149. The summed E-state index contributed by atoms with van der Waals surface area (Å²) in [6.07, 6.45) is 0. The molecule has 0 spiro atoms. The van der Waals surface area contributed by atoms with E-state index in [2.05, 4.69) is 15.9 Å². The zero-order chi connectivity index (χ0) is 13.2. The summed E-state index contributed by atoms with van der Waals surface area (Å²) < 4.78 is 14.0. The van der Waals surface area contributed by atoms with Crippen molar-refractivity contribution in [2.75, 3.05) is 7.05 Å². The molecule has 0 saturated heterocycles. The van der Waals surface area contributed by atoms with Crippen molar-refractivity contribution in [3.8, 4) is 0 Å². The molecule has 17 heavy (non-hydrogen) atoms. The predicted molar refractivity (Wildman–Crippen MR) is 63.3 cm³/mol. The first kappa shape index (κ1) is 13.6. The topological polar surface area (TPSA) is 57.6 Å². The van der Waals surface area contributed by atoms with Gasteiger partial charge in [0.05, 0.1) is 5.56 Å². The second-order valence-electron chi connectivity index (χ2n) is 3.55. The number of carboxylic acid groups (broad SMARTS) is 1. The summed E-state index contributed by atoms with van der Waals surface area (Å²) in [7, 11) is 1.32. The van der Waals surface area contributed by atoms with E-state index >= 15 is 0 Å². The number of halogens is 2. The van der Waals surface area contributed by atoms with Crippen LogP contribution in [-0.4, -0.2) is 35.0 Å². The quantitative estimate of drug-likeness (QED) is 0.930. The molecule has 1 aromatic rings. The Morgan fingerprint density at radius 3 is 2.53 bits per heavy atom. The molecule has 1 rings (SSSR count). The third-order valence-corrected chi connectivity index (χ3v) is 2.91. The molecule has 0 radical (unpaired) electrons. The summed E-state index contributed by atoms with van der Waals surface area (Å²) >= 11 is 3.08. The fourth-order valence-corrected chi connectivity index (χ4v) is 1.53. The molecule has 4 nitrogen and oxygen atoms in total. The summed E-state index contributed by atoms with van der Waals surface area (Å²) in [5.41, 5.74) is -0.149. The first-order chi connectivity index (χ1) is 7.84. The highest BCUT2D eigenvalue weighted by Gasteiger charge is 2.24. The number of carbonyl (C=O) groups excluding carboxylic acids is 1. The maximum absolute atomic E-state index is 13.5. The number of carbonyl (C=O) groups is 2. The van der Waals surface area contributed by atoms with E-state index in [1.165, 1.54) is 26.1 Å². The molecule has 0 aliphatic heterocycles. The van der Waals surface area contributed by atoms with E-state index in [1.54, 1.807) is 0 Å². The summed E-state index contributed by atoms with van der Waals surface area (Å²) in [6, 6.07) is 2.99. The number of benzene rings is 1. The van der Waals surface area contributed by atoms with Crippen LogP contribution in [0.5, 0.6) is 0 Å². The fourth-order valence-electron chi connectivity index (χ4n) is 1.19. The molecular weight excluding hydrogens is 293 g/mol. The SMILES string of the molecule is CC(C(=O)O)N(C)C(=O)c1ccc(Br)cc1F. The molecule has 0 heterocycles. The van der Waals surface area contributed by atoms with Gasteiger partial charge in [-0.05, 0) is 25.1 Å². The van der Waals surface area contributed by atoms with Crippen LogP contribution in [0, 0.1) is 5.82 Å². The Morgan fingerprint density at radius 2 is 2.06 bits per heavy atom. The number of likely N-dealkylation sites (N-methyl/N-ethyl adjacent to an activating group) is 1. The molecular formula is C11H11BrFNO3. The average Bonchev–Trinajstić information content (AvgIpc) is 2.26. The van der Waals surface area contributed by atoms with E-state index in [0.717, 1.165) is 11.0 Å². The van der Waals surface area contributed by atoms with Gasteiger partial charge in [0.15, 0.2) is 0 Å². The van der Waals surface area contributed by atoms with Crippen LogP contribution in [0.4, 0.5) is 4.39 Å². The van der Waals surface area contributed by atoms with Gasteiger partial charge in [0.25, 0.3) is 5.91 Å². The van der Waals surface area contributed by atoms with Crippen molar-refractivity contribution in [3.63, 3.8) is 0 Å². The maximum atomic E-state index is 13.5. The first-order valence-corrected chi connectivity index (χ1v) is 5.59. The Bertz CT molecular complexity index is 464. The smallest absolute Gasteiger partial charge is 0.326 e. The van der Waals surface area contributed by atoms with Crippen LogP contribution in [0.3, 0.4) is 0 Å². The number of rotatable bonds is 3. The molecule has 1 aromatic carbocycles. The van der Waals surface area contributed by atoms with Gasteiger partial charge in [0.1, 0.15) is 11.9 Å². The number of aliphatic carboxylic acids is 1. The van der Waals surface area contributed by atoms with E-state index < -0.39 is 23.7 Å². The van der Waals surface area contributed by atoms with Crippen LogP contribution in [0.15, 0.2) is 22.7 Å². The van der Waals surface area contributed by atoms with Gasteiger partial charge in [-0.25, -0.2) is 9.18 Å². The lowest BCUT2D eigenvalue weighted by atomic mass is 10.1. The van der Waals surface area contributed by atoms with Crippen molar-refractivity contribution in [2.24, 2.45) is 0 Å². The van der Waals surface area contributed by atoms with Crippen LogP contribution in [-0.2, 0) is 4.79 Å². The van der Waals surface area contributed by atoms with E-state index in [0.29, 0.717) is 4.47 Å². The second-order valence-corrected chi connectivity index (χ2v) is 4.47. The van der Waals surface area contributed by atoms with Crippen LogP contribution in [0.1, 0.15) is 17.3 Å². The molecule has 0 aliphatic carbocycles. The van der Waals surface area contributed by atoms with Crippen molar-refractivity contribution in [1.82, 2.24) is 4.90 Å². The molecule has 0 fully saturated rings. The molecule has 0 aromatic heterocycles. The van der Waals surface area contributed by atoms with Crippen molar-refractivity contribution >= 4 is 27.8 Å². The predicted octanol–water partition coefficient (Wildman–Crippen LogP) is 2.13. The Hall–Kier alpha value is -1.43. The number of amides is 1. The summed E-state index contributed by atoms with van der Waals surface area (Å²) in [5, 5.41) is 8.77. The highest BCUT2D eigenvalue weighted by Crippen LogP contribution is 2.17. The lowest BCUT2D eigenvalue weighted by Gasteiger charge is -2.21. The fraction of sp³-hybridized carbons (Fsp3) is 0.273. The molecule has 0 saturated carbocycles. The van der Waals surface area contributed by atoms with Gasteiger partial charge in [-0.1, -0.05) is 15.9 Å². The molecule has 1 N–H and O–H groups in total. The second kappa shape index (κ2) is 5.27. The van der Waals surface area contributed by atoms with E-state index in [1.807, 2.05) is 0 Å². The standard InChI is InChI=1S/C11H11BrFNO3/c1-6(11(16)17)14(2)10(15)8-4-3-7(12)5-9(8)13/h3-6H,1-2H3,(H,16,17). The molecule has 6 heteroatoms. The first-order valence-electron chi connectivity index (χ1n) is 4.79. The van der Waals surface area contributed by atoms with Gasteiger partial charge in [0, 0.05) is 11.5 Å². The number of nitrogens with zero attached hydrogens (tertiary/aromatic N) is 1. The Balaban J connectivity index is 3.00. The average molecular weight is 304 g/mol. The van der Waals surface area contributed by atoms with Crippen LogP contribution in [0.2, 0.25) is 0 Å². The van der Waals surface area contributed by atoms with Gasteiger partial charge >= 0.3 is 5.97 Å². The van der Waals surface area contributed by atoms with Gasteiger partial charge < -0.3 is 10.0 Å². The third-order valence-electron chi connectivity index (χ3n) is 2.42. The molecule has 0 aliphatic rings. The summed E-state index contributed by atoms with van der Waals surface area (Å²) in [6.45, 7) is 1.36. The van der Waals surface area contributed by atoms with Gasteiger partial charge in [-0.3, -0.25) is 4.79 Å². The lowest BCUT2D eigenvalue weighted by molar-refractivity contribution is -0.141. The molecule has 0 bridgehead atoms. The monoisotopic (exact) mass is 303 g/mol. The van der Waals surface area contributed by atoms with E-state index in [-0.39, 0.29) is 5.56 Å². The molecule has 1 atom stereocenters. The van der Waals surface area contributed by atoms with E-state index in [4.69, 9.17) is 5.11 Å². The summed E-state index contributed by atoms with van der Waals surface area (Å²) in [5.74, 6) is -2.49. The lowest BCUT2D eigenvalue weighted by Crippen LogP contribution is -2.40. The largest absolute Gasteiger partial charge is 0.480 e. The zero-order valence-corrected chi connectivity index (χ0v) is 10.9. The zero-order valence-electron chi connectivity index (χ0n) is 9.28. The number of hydrogen-bond acceptors (Lipinski definition) is 2. The van der Waals surface area contributed by atoms with Gasteiger partial charge in [-0.15, -0.1) is 0 Å². The Morgan fingerprint density at radius 1 is 1.47 bits per heavy atom. The van der Waals surface area contributed by atoms with E-state index in [9.17, 15) is 14.0 Å². The van der Waals surface area contributed by atoms with Gasteiger partial charge in [-0.2, -0.15) is 0 Å². The van der Waals surface area contributed by atoms with Crippen molar-refractivity contribution < 1.29 is 19.1 Å². The highest BCUT2D eigenvalue weighted by atomic mass is 79.9. The molecule has 1 amide bonds. The highest BCUT2D eigenvalue weighted by molar-refractivity contribution is 9.10. The minimum Gasteiger partial charge on any atom is -0.480 e. The normalized spacial score (nSPS) is 12.0. The van der Waals surface area contributed by atoms with Crippen LogP contribution < -0.4 is 0 Å². The van der Waals surface area contributed by atoms with Crippen molar-refractivity contribution in [3.05, 3.63) is 34.1 Å².